The highest BCUT2D eigenvalue weighted by atomic mass is 35.5. The van der Waals surface area contributed by atoms with Crippen LogP contribution >= 0.6 is 11.6 Å². The number of H-pyrrole nitrogens is 1. The van der Waals surface area contributed by atoms with Crippen LogP contribution in [0.4, 0.5) is 0 Å². The highest BCUT2D eigenvalue weighted by Crippen LogP contribution is 2.32. The number of nitrogens with one attached hydrogen (secondary N) is 1. The van der Waals surface area contributed by atoms with Crippen molar-refractivity contribution in [2.75, 3.05) is 7.11 Å². The SMILES string of the molecule is COc1cccc2[nH]c(C)c(C(=O)c3ccc(Cl)cc3)c12. The van der Waals surface area contributed by atoms with E-state index in [-0.39, 0.29) is 5.78 Å². The molecule has 3 aromatic rings. The van der Waals surface area contributed by atoms with Crippen molar-refractivity contribution in [2.24, 2.45) is 0 Å². The van der Waals surface area contributed by atoms with Crippen LogP contribution in [0.2, 0.25) is 5.02 Å². The Kier molecular flexibility index (Phi) is 3.43. The molecule has 0 radical (unpaired) electrons. The summed E-state index contributed by atoms with van der Waals surface area (Å²) in [5, 5.41) is 1.43. The first-order valence-electron chi connectivity index (χ1n) is 6.57. The molecule has 3 rings (SSSR count). The van der Waals surface area contributed by atoms with Crippen molar-refractivity contribution in [3.05, 3.63) is 64.3 Å². The number of ketones is 1. The fourth-order valence-corrected chi connectivity index (χ4v) is 2.67. The van der Waals surface area contributed by atoms with Crippen LogP contribution in [0.25, 0.3) is 10.9 Å². The quantitative estimate of drug-likeness (QED) is 0.730. The van der Waals surface area contributed by atoms with Gasteiger partial charge in [-0.05, 0) is 43.3 Å². The van der Waals surface area contributed by atoms with Crippen molar-refractivity contribution in [1.29, 1.82) is 0 Å². The lowest BCUT2D eigenvalue weighted by molar-refractivity contribution is 0.103. The lowest BCUT2D eigenvalue weighted by Gasteiger charge is -2.05. The lowest BCUT2D eigenvalue weighted by atomic mass is 10.00. The number of aromatic nitrogens is 1. The second kappa shape index (κ2) is 5.26. The topological polar surface area (TPSA) is 42.1 Å². The molecular weight excluding hydrogens is 286 g/mol. The standard InChI is InChI=1S/C17H14ClNO2/c1-10-15(17(20)11-6-8-12(18)9-7-11)16-13(19-10)4-3-5-14(16)21-2/h3-9,19H,1-2H3. The number of carbonyl (C=O) groups is 1. The van der Waals surface area contributed by atoms with Gasteiger partial charge in [-0.25, -0.2) is 0 Å². The van der Waals surface area contributed by atoms with E-state index < -0.39 is 0 Å². The number of fused-ring (bicyclic) bond motifs is 1. The van der Waals surface area contributed by atoms with Crippen molar-refractivity contribution in [1.82, 2.24) is 4.98 Å². The predicted molar refractivity (Wildman–Crippen MR) is 84.5 cm³/mol. The zero-order valence-electron chi connectivity index (χ0n) is 11.7. The summed E-state index contributed by atoms with van der Waals surface area (Å²) in [5.41, 5.74) is 2.97. The van der Waals surface area contributed by atoms with E-state index in [4.69, 9.17) is 16.3 Å². The van der Waals surface area contributed by atoms with Crippen LogP contribution in [-0.4, -0.2) is 17.9 Å². The van der Waals surface area contributed by atoms with Crippen molar-refractivity contribution in [3.63, 3.8) is 0 Å². The molecule has 0 amide bonds. The highest BCUT2D eigenvalue weighted by molar-refractivity contribution is 6.30. The van der Waals surface area contributed by atoms with Crippen molar-refractivity contribution >= 4 is 28.3 Å². The van der Waals surface area contributed by atoms with Gasteiger partial charge in [0.15, 0.2) is 5.78 Å². The minimum absolute atomic E-state index is 0.0417. The van der Waals surface area contributed by atoms with E-state index in [0.29, 0.717) is 21.9 Å². The van der Waals surface area contributed by atoms with Gasteiger partial charge in [0.05, 0.1) is 23.6 Å². The number of aromatic amines is 1. The minimum Gasteiger partial charge on any atom is -0.496 e. The molecule has 0 aliphatic rings. The Bertz CT molecular complexity index is 819. The average Bonchev–Trinajstić information content (AvgIpc) is 2.83. The molecule has 1 heterocycles. The first kappa shape index (κ1) is 13.7. The summed E-state index contributed by atoms with van der Waals surface area (Å²) in [4.78, 5) is 16.0. The summed E-state index contributed by atoms with van der Waals surface area (Å²) >= 11 is 5.88. The van der Waals surface area contributed by atoms with Crippen LogP contribution in [0.1, 0.15) is 21.6 Å². The number of carbonyl (C=O) groups excluding carboxylic acids is 1. The number of rotatable bonds is 3. The van der Waals surface area contributed by atoms with Gasteiger partial charge in [-0.3, -0.25) is 4.79 Å². The number of benzene rings is 2. The number of aryl methyl sites for hydroxylation is 1. The van der Waals surface area contributed by atoms with E-state index in [1.807, 2.05) is 25.1 Å². The maximum atomic E-state index is 12.8. The molecule has 0 fully saturated rings. The molecule has 1 aromatic heterocycles. The summed E-state index contributed by atoms with van der Waals surface area (Å²) in [6.45, 7) is 1.89. The molecule has 3 nitrogen and oxygen atoms in total. The third-order valence-electron chi connectivity index (χ3n) is 3.53. The largest absolute Gasteiger partial charge is 0.496 e. The fourth-order valence-electron chi connectivity index (χ4n) is 2.54. The Morgan fingerprint density at radius 3 is 2.52 bits per heavy atom. The van der Waals surface area contributed by atoms with Crippen LogP contribution in [0.3, 0.4) is 0 Å². The molecule has 0 saturated heterocycles. The van der Waals surface area contributed by atoms with Crippen LogP contribution < -0.4 is 4.74 Å². The van der Waals surface area contributed by atoms with Gasteiger partial charge >= 0.3 is 0 Å². The lowest BCUT2D eigenvalue weighted by Crippen LogP contribution is -2.02. The van der Waals surface area contributed by atoms with Gasteiger partial charge < -0.3 is 9.72 Å². The van der Waals surface area contributed by atoms with Crippen molar-refractivity contribution in [2.45, 2.75) is 6.92 Å². The molecule has 0 aliphatic carbocycles. The van der Waals surface area contributed by atoms with Crippen LogP contribution in [-0.2, 0) is 0 Å². The highest BCUT2D eigenvalue weighted by Gasteiger charge is 2.20. The Morgan fingerprint density at radius 1 is 1.14 bits per heavy atom. The monoisotopic (exact) mass is 299 g/mol. The van der Waals surface area contributed by atoms with Crippen LogP contribution in [0.15, 0.2) is 42.5 Å². The molecule has 2 aromatic carbocycles. The second-order valence-corrected chi connectivity index (χ2v) is 5.28. The molecule has 106 valence electrons. The molecule has 4 heteroatoms. The fraction of sp³-hybridized carbons (Fsp3) is 0.118. The molecule has 1 N–H and O–H groups in total. The zero-order chi connectivity index (χ0) is 15.0. The number of halogens is 1. The number of hydrogen-bond acceptors (Lipinski definition) is 2. The predicted octanol–water partition coefficient (Wildman–Crippen LogP) is 4.37. The molecule has 0 aliphatic heterocycles. The molecule has 0 spiro atoms. The zero-order valence-corrected chi connectivity index (χ0v) is 12.5. The number of methoxy groups -OCH3 is 1. The number of hydrogen-bond donors (Lipinski definition) is 1. The van der Waals surface area contributed by atoms with E-state index in [0.717, 1.165) is 16.6 Å². The van der Waals surface area contributed by atoms with Crippen LogP contribution in [0.5, 0.6) is 5.75 Å². The summed E-state index contributed by atoms with van der Waals surface area (Å²) in [6.07, 6.45) is 0. The van der Waals surface area contributed by atoms with Crippen molar-refractivity contribution in [3.8, 4) is 5.75 Å². The second-order valence-electron chi connectivity index (χ2n) is 4.84. The Labute approximate surface area is 127 Å². The van der Waals surface area contributed by atoms with E-state index in [1.165, 1.54) is 0 Å². The third kappa shape index (κ3) is 2.30. The first-order valence-corrected chi connectivity index (χ1v) is 6.95. The summed E-state index contributed by atoms with van der Waals surface area (Å²) in [6, 6.07) is 12.6. The molecular formula is C17H14ClNO2. The Morgan fingerprint density at radius 2 is 1.86 bits per heavy atom. The van der Waals surface area contributed by atoms with Gasteiger partial charge in [0.1, 0.15) is 5.75 Å². The van der Waals surface area contributed by atoms with Gasteiger partial charge in [0.2, 0.25) is 0 Å². The normalized spacial score (nSPS) is 10.8. The van der Waals surface area contributed by atoms with E-state index in [1.54, 1.807) is 31.4 Å². The minimum atomic E-state index is -0.0417. The molecule has 0 bridgehead atoms. The summed E-state index contributed by atoms with van der Waals surface area (Å²) < 4.78 is 5.39. The van der Waals surface area contributed by atoms with Gasteiger partial charge in [-0.1, -0.05) is 17.7 Å². The van der Waals surface area contributed by atoms with E-state index >= 15 is 0 Å². The van der Waals surface area contributed by atoms with Gasteiger partial charge in [-0.2, -0.15) is 0 Å². The molecule has 0 atom stereocenters. The number of ether oxygens (including phenoxy) is 1. The van der Waals surface area contributed by atoms with Crippen molar-refractivity contribution < 1.29 is 9.53 Å². The van der Waals surface area contributed by atoms with E-state index in [2.05, 4.69) is 4.98 Å². The molecule has 0 unspecified atom stereocenters. The molecule has 0 saturated carbocycles. The molecule has 21 heavy (non-hydrogen) atoms. The summed E-state index contributed by atoms with van der Waals surface area (Å²) in [7, 11) is 1.60. The maximum Gasteiger partial charge on any atom is 0.195 e. The van der Waals surface area contributed by atoms with Gasteiger partial charge in [0.25, 0.3) is 0 Å². The van der Waals surface area contributed by atoms with Gasteiger partial charge in [-0.15, -0.1) is 0 Å². The van der Waals surface area contributed by atoms with Gasteiger partial charge in [0, 0.05) is 16.3 Å². The first-order chi connectivity index (χ1) is 10.1. The smallest absolute Gasteiger partial charge is 0.195 e. The summed E-state index contributed by atoms with van der Waals surface area (Å²) in [5.74, 6) is 0.647. The third-order valence-corrected chi connectivity index (χ3v) is 3.78. The Balaban J connectivity index is 2.22. The van der Waals surface area contributed by atoms with E-state index in [9.17, 15) is 4.79 Å². The van der Waals surface area contributed by atoms with Crippen LogP contribution in [0, 0.1) is 6.92 Å². The average molecular weight is 300 g/mol. The Hall–Kier alpha value is -2.26. The maximum absolute atomic E-state index is 12.8.